The van der Waals surface area contributed by atoms with Crippen molar-refractivity contribution < 1.29 is 23.8 Å². The second-order valence-corrected chi connectivity index (χ2v) is 6.47. The molecule has 0 unspecified atom stereocenters. The maximum absolute atomic E-state index is 12.8. The summed E-state index contributed by atoms with van der Waals surface area (Å²) in [5.74, 6) is 0.349. The van der Waals surface area contributed by atoms with E-state index in [-0.39, 0.29) is 18.1 Å². The van der Waals surface area contributed by atoms with Crippen molar-refractivity contribution in [3.8, 4) is 5.75 Å². The molecular weight excluding hydrogens is 322 g/mol. The first-order valence-electron chi connectivity index (χ1n) is 8.67. The summed E-state index contributed by atoms with van der Waals surface area (Å²) in [5, 5.41) is 2.88. The predicted octanol–water partition coefficient (Wildman–Crippen LogP) is 3.41. The fourth-order valence-electron chi connectivity index (χ4n) is 3.15. The molecule has 0 heterocycles. The van der Waals surface area contributed by atoms with E-state index in [1.165, 1.54) is 7.11 Å². The summed E-state index contributed by atoms with van der Waals surface area (Å²) in [6.07, 6.45) is 3.30. The lowest BCUT2D eigenvalue weighted by atomic mass is 9.79. The molecule has 6 heteroatoms. The number of hydrogen-bond donors (Lipinski definition) is 1. The molecule has 0 aliphatic heterocycles. The van der Waals surface area contributed by atoms with Crippen molar-refractivity contribution in [1.82, 2.24) is 0 Å². The molecule has 0 atom stereocenters. The fourth-order valence-corrected chi connectivity index (χ4v) is 3.15. The summed E-state index contributed by atoms with van der Waals surface area (Å²) in [7, 11) is 3.06. The lowest BCUT2D eigenvalue weighted by molar-refractivity contribution is -0.142. The minimum Gasteiger partial charge on any atom is -0.496 e. The molecule has 1 amide bonds. The van der Waals surface area contributed by atoms with Gasteiger partial charge in [-0.15, -0.1) is 0 Å². The van der Waals surface area contributed by atoms with Crippen molar-refractivity contribution >= 4 is 17.6 Å². The van der Waals surface area contributed by atoms with Crippen molar-refractivity contribution in [3.63, 3.8) is 0 Å². The predicted molar refractivity (Wildman–Crippen MR) is 95.0 cm³/mol. The van der Waals surface area contributed by atoms with E-state index in [1.807, 2.05) is 0 Å². The maximum Gasteiger partial charge on any atom is 0.341 e. The van der Waals surface area contributed by atoms with Gasteiger partial charge < -0.3 is 19.5 Å². The van der Waals surface area contributed by atoms with E-state index < -0.39 is 11.6 Å². The molecule has 0 radical (unpaired) electrons. The number of carbonyl (C=O) groups is 2. The van der Waals surface area contributed by atoms with E-state index in [9.17, 15) is 9.59 Å². The van der Waals surface area contributed by atoms with Gasteiger partial charge in [0.25, 0.3) is 5.91 Å². The van der Waals surface area contributed by atoms with E-state index in [2.05, 4.69) is 12.2 Å². The number of methoxy groups -OCH3 is 2. The number of rotatable bonds is 6. The molecule has 1 aromatic carbocycles. The van der Waals surface area contributed by atoms with Gasteiger partial charge in [0.15, 0.2) is 0 Å². The van der Waals surface area contributed by atoms with Crippen molar-refractivity contribution in [3.05, 3.63) is 23.8 Å². The molecule has 138 valence electrons. The van der Waals surface area contributed by atoms with Gasteiger partial charge in [-0.05, 0) is 56.7 Å². The molecule has 1 aromatic rings. The maximum atomic E-state index is 12.8. The third-order valence-electron chi connectivity index (χ3n) is 4.84. The monoisotopic (exact) mass is 349 g/mol. The second-order valence-electron chi connectivity index (χ2n) is 6.47. The van der Waals surface area contributed by atoms with Gasteiger partial charge in [0.05, 0.1) is 13.7 Å². The van der Waals surface area contributed by atoms with Crippen LogP contribution in [0.25, 0.3) is 0 Å². The molecule has 1 N–H and O–H groups in total. The highest BCUT2D eigenvalue weighted by Gasteiger charge is 2.41. The van der Waals surface area contributed by atoms with Crippen LogP contribution in [-0.2, 0) is 14.3 Å². The highest BCUT2D eigenvalue weighted by Crippen LogP contribution is 2.35. The quantitative estimate of drug-likeness (QED) is 0.797. The summed E-state index contributed by atoms with van der Waals surface area (Å²) in [4.78, 5) is 24.9. The SMILES string of the molecule is CCOC(=O)c1cc(NC(=O)C2(OC)CCC(C)CC2)ccc1OC. The molecule has 1 fully saturated rings. The third kappa shape index (κ3) is 4.31. The van der Waals surface area contributed by atoms with Gasteiger partial charge in [0.2, 0.25) is 0 Å². The van der Waals surface area contributed by atoms with Gasteiger partial charge >= 0.3 is 5.97 Å². The summed E-state index contributed by atoms with van der Waals surface area (Å²) in [6, 6.07) is 4.92. The Bertz CT molecular complexity index is 620. The topological polar surface area (TPSA) is 73.9 Å². The number of ether oxygens (including phenoxy) is 3. The molecule has 1 aliphatic rings. The Hall–Kier alpha value is -2.08. The Balaban J connectivity index is 2.20. The highest BCUT2D eigenvalue weighted by molar-refractivity contribution is 5.99. The summed E-state index contributed by atoms with van der Waals surface area (Å²) >= 11 is 0. The zero-order chi connectivity index (χ0) is 18.4. The van der Waals surface area contributed by atoms with Crippen LogP contribution in [0.3, 0.4) is 0 Å². The van der Waals surface area contributed by atoms with Crippen LogP contribution in [0, 0.1) is 5.92 Å². The van der Waals surface area contributed by atoms with Crippen LogP contribution in [0.2, 0.25) is 0 Å². The first-order valence-corrected chi connectivity index (χ1v) is 8.67. The average molecular weight is 349 g/mol. The Morgan fingerprint density at radius 2 is 1.92 bits per heavy atom. The number of anilines is 1. The van der Waals surface area contributed by atoms with Crippen LogP contribution in [0.4, 0.5) is 5.69 Å². The van der Waals surface area contributed by atoms with Crippen molar-refractivity contribution in [2.24, 2.45) is 5.92 Å². The van der Waals surface area contributed by atoms with Gasteiger partial charge in [-0.25, -0.2) is 4.79 Å². The van der Waals surface area contributed by atoms with Crippen molar-refractivity contribution in [2.75, 3.05) is 26.1 Å². The average Bonchev–Trinajstić information content (AvgIpc) is 2.62. The van der Waals surface area contributed by atoms with Gasteiger partial charge in [-0.2, -0.15) is 0 Å². The molecule has 0 aromatic heterocycles. The molecule has 25 heavy (non-hydrogen) atoms. The third-order valence-corrected chi connectivity index (χ3v) is 4.84. The normalized spacial score (nSPS) is 23.0. The van der Waals surface area contributed by atoms with E-state index in [4.69, 9.17) is 14.2 Å². The molecule has 1 aliphatic carbocycles. The van der Waals surface area contributed by atoms with Gasteiger partial charge in [0, 0.05) is 12.8 Å². The number of esters is 1. The Labute approximate surface area is 148 Å². The first-order chi connectivity index (χ1) is 12.0. The van der Waals surface area contributed by atoms with Crippen LogP contribution in [-0.4, -0.2) is 38.3 Å². The van der Waals surface area contributed by atoms with Gasteiger partial charge in [-0.3, -0.25) is 4.79 Å². The summed E-state index contributed by atoms with van der Waals surface area (Å²) in [6.45, 7) is 4.19. The number of amides is 1. The van der Waals surface area contributed by atoms with E-state index in [1.54, 1.807) is 32.2 Å². The molecule has 0 bridgehead atoms. The van der Waals surface area contributed by atoms with Crippen molar-refractivity contribution in [1.29, 1.82) is 0 Å². The van der Waals surface area contributed by atoms with Crippen LogP contribution in [0.15, 0.2) is 18.2 Å². The Morgan fingerprint density at radius 3 is 2.48 bits per heavy atom. The van der Waals surface area contributed by atoms with E-state index in [0.29, 0.717) is 30.2 Å². The highest BCUT2D eigenvalue weighted by atomic mass is 16.5. The second kappa shape index (κ2) is 8.34. The zero-order valence-corrected chi connectivity index (χ0v) is 15.4. The van der Waals surface area contributed by atoms with E-state index >= 15 is 0 Å². The molecule has 0 saturated heterocycles. The minimum atomic E-state index is -0.809. The molecule has 1 saturated carbocycles. The standard InChI is InChI=1S/C19H27NO5/c1-5-25-17(21)15-12-14(6-7-16(15)23-3)20-18(22)19(24-4)10-8-13(2)9-11-19/h6-7,12-13H,5,8-11H2,1-4H3,(H,20,22). The molecule has 0 spiro atoms. The zero-order valence-electron chi connectivity index (χ0n) is 15.4. The van der Waals surface area contributed by atoms with Crippen LogP contribution in [0.5, 0.6) is 5.75 Å². The Kier molecular flexibility index (Phi) is 6.42. The number of carbonyl (C=O) groups excluding carboxylic acids is 2. The number of benzene rings is 1. The van der Waals surface area contributed by atoms with Gasteiger partial charge in [-0.1, -0.05) is 6.92 Å². The lowest BCUT2D eigenvalue weighted by Crippen LogP contribution is -2.47. The van der Waals surface area contributed by atoms with Crippen LogP contribution >= 0.6 is 0 Å². The number of hydrogen-bond acceptors (Lipinski definition) is 5. The minimum absolute atomic E-state index is 0.179. The molecule has 6 nitrogen and oxygen atoms in total. The van der Waals surface area contributed by atoms with E-state index in [0.717, 1.165) is 12.8 Å². The van der Waals surface area contributed by atoms with Crippen LogP contribution in [0.1, 0.15) is 49.9 Å². The molecular formula is C19H27NO5. The lowest BCUT2D eigenvalue weighted by Gasteiger charge is -2.36. The number of nitrogens with one attached hydrogen (secondary N) is 1. The largest absolute Gasteiger partial charge is 0.496 e. The van der Waals surface area contributed by atoms with Crippen molar-refractivity contribution in [2.45, 2.75) is 45.1 Å². The Morgan fingerprint density at radius 1 is 1.24 bits per heavy atom. The summed E-state index contributed by atoms with van der Waals surface area (Å²) in [5.41, 5.74) is -0.00827. The first kappa shape index (κ1) is 19.2. The summed E-state index contributed by atoms with van der Waals surface area (Å²) < 4.78 is 15.8. The fraction of sp³-hybridized carbons (Fsp3) is 0.579. The van der Waals surface area contributed by atoms with Gasteiger partial charge in [0.1, 0.15) is 16.9 Å². The molecule has 2 rings (SSSR count). The van der Waals surface area contributed by atoms with Crippen LogP contribution < -0.4 is 10.1 Å². The smallest absolute Gasteiger partial charge is 0.341 e.